The first kappa shape index (κ1) is 15.1. The Bertz CT molecular complexity index is 461. The van der Waals surface area contributed by atoms with Crippen molar-refractivity contribution in [3.05, 3.63) is 23.8 Å². The first-order chi connectivity index (χ1) is 8.73. The van der Waals surface area contributed by atoms with Crippen molar-refractivity contribution >= 4 is 11.6 Å². The second-order valence-electron chi connectivity index (χ2n) is 4.09. The van der Waals surface area contributed by atoms with Crippen LogP contribution in [0.2, 0.25) is 0 Å². The largest absolute Gasteiger partial charge is 0.497 e. The summed E-state index contributed by atoms with van der Waals surface area (Å²) in [6.45, 7) is -0.403. The highest BCUT2D eigenvalue weighted by atomic mass is 19.4. The van der Waals surface area contributed by atoms with Gasteiger partial charge in [0.25, 0.3) is 5.91 Å². The summed E-state index contributed by atoms with van der Waals surface area (Å²) in [4.78, 5) is 12.9. The number of rotatable bonds is 4. The molecule has 0 unspecified atom stereocenters. The van der Waals surface area contributed by atoms with Gasteiger partial charge in [-0.15, -0.1) is 0 Å². The number of benzene rings is 1. The van der Waals surface area contributed by atoms with Crippen LogP contribution in [-0.2, 0) is 0 Å². The third-order valence-corrected chi connectivity index (χ3v) is 2.49. The number of nitrogens with two attached hydrogens (primary N) is 1. The minimum Gasteiger partial charge on any atom is -0.497 e. The van der Waals surface area contributed by atoms with Crippen molar-refractivity contribution in [2.24, 2.45) is 0 Å². The van der Waals surface area contributed by atoms with E-state index in [2.05, 4.69) is 0 Å². The van der Waals surface area contributed by atoms with Crippen LogP contribution in [0, 0.1) is 0 Å². The lowest BCUT2D eigenvalue weighted by Crippen LogP contribution is -2.30. The number of methoxy groups -OCH3 is 1. The number of carbonyl (C=O) groups is 1. The summed E-state index contributed by atoms with van der Waals surface area (Å²) in [5, 5.41) is 0. The number of anilines is 1. The number of nitrogens with zero attached hydrogens (tertiary/aromatic N) is 1. The van der Waals surface area contributed by atoms with Crippen molar-refractivity contribution in [2.75, 3.05) is 26.4 Å². The number of amides is 1. The lowest BCUT2D eigenvalue weighted by molar-refractivity contribution is -0.136. The van der Waals surface area contributed by atoms with Gasteiger partial charge in [0, 0.05) is 30.9 Å². The van der Waals surface area contributed by atoms with E-state index in [4.69, 9.17) is 10.5 Å². The van der Waals surface area contributed by atoms with Gasteiger partial charge in [0.15, 0.2) is 0 Å². The molecule has 7 heteroatoms. The first-order valence-electron chi connectivity index (χ1n) is 5.49. The predicted octanol–water partition coefficient (Wildman–Crippen LogP) is 2.30. The Hall–Kier alpha value is -1.92. The van der Waals surface area contributed by atoms with Crippen LogP contribution in [0.3, 0.4) is 0 Å². The molecule has 0 aromatic heterocycles. The molecule has 1 aromatic carbocycles. The van der Waals surface area contributed by atoms with Crippen LogP contribution in [0.25, 0.3) is 0 Å². The fourth-order valence-electron chi connectivity index (χ4n) is 1.48. The third-order valence-electron chi connectivity index (χ3n) is 2.49. The summed E-state index contributed by atoms with van der Waals surface area (Å²) in [5.74, 6) is -0.151. The predicted molar refractivity (Wildman–Crippen MR) is 65.0 cm³/mol. The molecule has 1 amide bonds. The Morgan fingerprint density at radius 2 is 2.00 bits per heavy atom. The van der Waals surface area contributed by atoms with E-state index in [-0.39, 0.29) is 5.56 Å². The number of hydrogen-bond donors (Lipinski definition) is 1. The second-order valence-corrected chi connectivity index (χ2v) is 4.09. The molecule has 0 bridgehead atoms. The summed E-state index contributed by atoms with van der Waals surface area (Å²) < 4.78 is 41.2. The van der Waals surface area contributed by atoms with Crippen molar-refractivity contribution < 1.29 is 22.7 Å². The average molecular weight is 276 g/mol. The zero-order valence-electron chi connectivity index (χ0n) is 10.6. The number of halogens is 3. The van der Waals surface area contributed by atoms with E-state index in [1.165, 1.54) is 32.4 Å². The van der Waals surface area contributed by atoms with E-state index < -0.39 is 25.0 Å². The summed E-state index contributed by atoms with van der Waals surface area (Å²) in [5.41, 5.74) is 6.09. The van der Waals surface area contributed by atoms with Gasteiger partial charge in [-0.2, -0.15) is 13.2 Å². The zero-order valence-corrected chi connectivity index (χ0v) is 10.6. The normalized spacial score (nSPS) is 11.2. The number of alkyl halides is 3. The fourth-order valence-corrected chi connectivity index (χ4v) is 1.48. The molecule has 0 aliphatic rings. The Balaban J connectivity index is 2.79. The maximum Gasteiger partial charge on any atom is 0.390 e. The van der Waals surface area contributed by atoms with Crippen molar-refractivity contribution in [2.45, 2.75) is 12.6 Å². The molecule has 0 spiro atoms. The topological polar surface area (TPSA) is 55.6 Å². The highest BCUT2D eigenvalue weighted by Gasteiger charge is 2.28. The van der Waals surface area contributed by atoms with Gasteiger partial charge in [0.2, 0.25) is 0 Å². The van der Waals surface area contributed by atoms with Gasteiger partial charge >= 0.3 is 6.18 Å². The van der Waals surface area contributed by atoms with E-state index >= 15 is 0 Å². The molecule has 0 heterocycles. The van der Waals surface area contributed by atoms with Crippen molar-refractivity contribution in [3.63, 3.8) is 0 Å². The molecule has 4 nitrogen and oxygen atoms in total. The molecule has 0 aliphatic carbocycles. The SMILES string of the molecule is COc1cc(N)cc(C(=O)N(C)CCC(F)(F)F)c1. The molecule has 2 N–H and O–H groups in total. The van der Waals surface area contributed by atoms with E-state index in [0.717, 1.165) is 4.90 Å². The summed E-state index contributed by atoms with van der Waals surface area (Å²) in [6, 6.07) is 4.35. The molecule has 0 radical (unpaired) electrons. The highest BCUT2D eigenvalue weighted by Crippen LogP contribution is 2.22. The number of nitrogen functional groups attached to an aromatic ring is 1. The van der Waals surface area contributed by atoms with Gasteiger partial charge in [-0.1, -0.05) is 0 Å². The van der Waals surface area contributed by atoms with Crippen LogP contribution in [0.4, 0.5) is 18.9 Å². The lowest BCUT2D eigenvalue weighted by Gasteiger charge is -2.18. The number of carbonyl (C=O) groups excluding carboxylic acids is 1. The van der Waals surface area contributed by atoms with Gasteiger partial charge in [0.1, 0.15) is 5.75 Å². The van der Waals surface area contributed by atoms with Crippen LogP contribution in [0.5, 0.6) is 5.75 Å². The van der Waals surface area contributed by atoms with Crippen LogP contribution >= 0.6 is 0 Å². The smallest absolute Gasteiger partial charge is 0.390 e. The van der Waals surface area contributed by atoms with E-state index in [0.29, 0.717) is 11.4 Å². The first-order valence-corrected chi connectivity index (χ1v) is 5.49. The molecule has 0 fully saturated rings. The maximum absolute atomic E-state index is 12.1. The van der Waals surface area contributed by atoms with E-state index in [9.17, 15) is 18.0 Å². The molecule has 19 heavy (non-hydrogen) atoms. The van der Waals surface area contributed by atoms with Gasteiger partial charge in [0.05, 0.1) is 13.5 Å². The van der Waals surface area contributed by atoms with Gasteiger partial charge in [-0.3, -0.25) is 4.79 Å². The van der Waals surface area contributed by atoms with Gasteiger partial charge in [-0.25, -0.2) is 0 Å². The van der Waals surface area contributed by atoms with Crippen LogP contribution in [0.1, 0.15) is 16.8 Å². The van der Waals surface area contributed by atoms with Crippen molar-refractivity contribution in [1.29, 1.82) is 0 Å². The minimum absolute atomic E-state index is 0.196. The summed E-state index contributed by atoms with van der Waals surface area (Å²) in [7, 11) is 2.72. The monoisotopic (exact) mass is 276 g/mol. The number of hydrogen-bond acceptors (Lipinski definition) is 3. The van der Waals surface area contributed by atoms with Crippen molar-refractivity contribution in [3.8, 4) is 5.75 Å². The summed E-state index contributed by atoms with van der Waals surface area (Å²) >= 11 is 0. The van der Waals surface area contributed by atoms with Gasteiger partial charge in [-0.05, 0) is 12.1 Å². The van der Waals surface area contributed by atoms with E-state index in [1.54, 1.807) is 0 Å². The maximum atomic E-state index is 12.1. The molecule has 106 valence electrons. The van der Waals surface area contributed by atoms with Gasteiger partial charge < -0.3 is 15.4 Å². The quantitative estimate of drug-likeness (QED) is 0.858. The lowest BCUT2D eigenvalue weighted by atomic mass is 10.1. The van der Waals surface area contributed by atoms with E-state index in [1.807, 2.05) is 0 Å². The molecule has 0 saturated carbocycles. The molecular formula is C12H15F3N2O2. The second kappa shape index (κ2) is 5.81. The third kappa shape index (κ3) is 4.69. The standard InChI is InChI=1S/C12H15F3N2O2/c1-17(4-3-12(13,14)15)11(18)8-5-9(16)7-10(6-8)19-2/h5-7H,3-4,16H2,1-2H3. The van der Waals surface area contributed by atoms with Crippen molar-refractivity contribution in [1.82, 2.24) is 4.90 Å². The van der Waals surface area contributed by atoms with Crippen LogP contribution in [0.15, 0.2) is 18.2 Å². The Kier molecular flexibility index (Phi) is 4.63. The zero-order chi connectivity index (χ0) is 14.6. The Morgan fingerprint density at radius 1 is 1.37 bits per heavy atom. The molecule has 0 aliphatic heterocycles. The highest BCUT2D eigenvalue weighted by molar-refractivity contribution is 5.95. The molecule has 1 aromatic rings. The molecule has 0 saturated heterocycles. The number of ether oxygens (including phenoxy) is 1. The molecule has 0 atom stereocenters. The molecule has 1 rings (SSSR count). The Labute approximate surface area is 108 Å². The Morgan fingerprint density at radius 3 is 2.53 bits per heavy atom. The minimum atomic E-state index is -4.29. The van der Waals surface area contributed by atoms with Crippen LogP contribution < -0.4 is 10.5 Å². The molecular weight excluding hydrogens is 261 g/mol. The van der Waals surface area contributed by atoms with Crippen LogP contribution in [-0.4, -0.2) is 37.7 Å². The fraction of sp³-hybridized carbons (Fsp3) is 0.417. The average Bonchev–Trinajstić information content (AvgIpc) is 2.33. The summed E-state index contributed by atoms with van der Waals surface area (Å²) in [6.07, 6.45) is -5.34.